The molecule has 6 aromatic carbocycles. The summed E-state index contributed by atoms with van der Waals surface area (Å²) in [6.45, 7) is 0. The first kappa shape index (κ1) is 22.5. The summed E-state index contributed by atoms with van der Waals surface area (Å²) in [6.07, 6.45) is 0. The number of aromatic nitrogens is 1. The maximum atomic E-state index is 7.09. The van der Waals surface area contributed by atoms with Gasteiger partial charge in [0.25, 0.3) is 0 Å². The van der Waals surface area contributed by atoms with Gasteiger partial charge in [0.2, 0.25) is 0 Å². The van der Waals surface area contributed by atoms with E-state index in [1.54, 1.807) is 0 Å². The van der Waals surface area contributed by atoms with Crippen molar-refractivity contribution in [3.05, 3.63) is 143 Å². The van der Waals surface area contributed by atoms with E-state index in [1.165, 1.54) is 16.2 Å². The van der Waals surface area contributed by atoms with Crippen molar-refractivity contribution in [3.8, 4) is 0 Å². The van der Waals surface area contributed by atoms with E-state index in [2.05, 4.69) is 83.4 Å². The normalized spacial score (nSPS) is 13.5. The fourth-order valence-electron chi connectivity index (χ4n) is 6.03. The molecular weight excluding hydrogens is 490 g/mol. The molecule has 0 radical (unpaired) electrons. The van der Waals surface area contributed by atoms with Crippen LogP contribution in [0.25, 0.3) is 66.0 Å². The molecule has 8 aromatic rings. The lowest BCUT2D eigenvalue weighted by Gasteiger charge is -2.10. The van der Waals surface area contributed by atoms with Crippen LogP contribution in [0.2, 0.25) is 0 Å². The van der Waals surface area contributed by atoms with Crippen molar-refractivity contribution in [1.82, 2.24) is 4.57 Å². The lowest BCUT2D eigenvalue weighted by molar-refractivity contribution is 0.669. The van der Waals surface area contributed by atoms with Crippen LogP contribution in [-0.4, -0.2) is 4.57 Å². The van der Waals surface area contributed by atoms with Crippen LogP contribution < -0.4 is 21.9 Å². The summed E-state index contributed by atoms with van der Waals surface area (Å²) in [5.74, 6) is 0.629. The standard InChI is InChI=1S/C36H25N3O/c37-35(24-17-18-27-26-12-6-8-16-33(26)40-34(27)21-24)28-13-3-4-14-29(28)36(38)39-31-15-7-5-11-25(31)30-19-22-9-1-2-10-23(22)20-32(30)39/h1-21H,37-38H2/b35-28-,36-29+. The van der Waals surface area contributed by atoms with Crippen LogP contribution in [0.15, 0.2) is 132 Å². The van der Waals surface area contributed by atoms with Crippen LogP contribution in [-0.2, 0) is 0 Å². The maximum absolute atomic E-state index is 7.09. The summed E-state index contributed by atoms with van der Waals surface area (Å²) >= 11 is 0. The molecule has 190 valence electrons. The third kappa shape index (κ3) is 3.26. The zero-order chi connectivity index (χ0) is 26.8. The number of furan rings is 1. The smallest absolute Gasteiger partial charge is 0.136 e. The summed E-state index contributed by atoms with van der Waals surface area (Å²) in [6, 6.07) is 43.6. The molecule has 0 unspecified atom stereocenters. The first-order valence-electron chi connectivity index (χ1n) is 13.4. The van der Waals surface area contributed by atoms with Gasteiger partial charge in [-0.3, -0.25) is 4.57 Å². The molecule has 0 spiro atoms. The van der Waals surface area contributed by atoms with E-state index in [9.17, 15) is 0 Å². The van der Waals surface area contributed by atoms with E-state index in [1.807, 2.05) is 48.5 Å². The number of nitrogens with two attached hydrogens (primary N) is 2. The molecule has 0 aliphatic heterocycles. The van der Waals surface area contributed by atoms with Crippen molar-refractivity contribution in [3.63, 3.8) is 0 Å². The van der Waals surface area contributed by atoms with Crippen LogP contribution >= 0.6 is 0 Å². The first-order valence-corrected chi connectivity index (χ1v) is 13.4. The van der Waals surface area contributed by atoms with Gasteiger partial charge in [-0.05, 0) is 47.2 Å². The molecule has 0 aliphatic rings. The fraction of sp³-hybridized carbons (Fsp3) is 0. The third-order valence-electron chi connectivity index (χ3n) is 7.96. The van der Waals surface area contributed by atoms with Gasteiger partial charge >= 0.3 is 0 Å². The lowest BCUT2D eigenvalue weighted by Crippen LogP contribution is -2.35. The van der Waals surface area contributed by atoms with Gasteiger partial charge in [-0.2, -0.15) is 0 Å². The van der Waals surface area contributed by atoms with E-state index in [-0.39, 0.29) is 0 Å². The minimum Gasteiger partial charge on any atom is -0.456 e. The molecule has 4 nitrogen and oxygen atoms in total. The van der Waals surface area contributed by atoms with Crippen molar-refractivity contribution in [2.45, 2.75) is 0 Å². The van der Waals surface area contributed by atoms with Gasteiger partial charge in [0.1, 0.15) is 17.0 Å². The molecule has 0 saturated carbocycles. The average Bonchev–Trinajstić information content (AvgIpc) is 3.54. The molecule has 4 heteroatoms. The highest BCUT2D eigenvalue weighted by molar-refractivity contribution is 6.14. The number of benzene rings is 6. The van der Waals surface area contributed by atoms with Crippen LogP contribution in [0.3, 0.4) is 0 Å². The summed E-state index contributed by atoms with van der Waals surface area (Å²) in [5.41, 5.74) is 19.3. The Morgan fingerprint density at radius 3 is 2.00 bits per heavy atom. The van der Waals surface area contributed by atoms with Gasteiger partial charge in [0, 0.05) is 43.2 Å². The second-order valence-electron chi connectivity index (χ2n) is 10.2. The highest BCUT2D eigenvalue weighted by Gasteiger charge is 2.14. The predicted molar refractivity (Wildman–Crippen MR) is 166 cm³/mol. The first-order chi connectivity index (χ1) is 19.7. The van der Waals surface area contributed by atoms with Crippen molar-refractivity contribution in [1.29, 1.82) is 0 Å². The zero-order valence-corrected chi connectivity index (χ0v) is 21.6. The molecule has 2 heterocycles. The minimum atomic E-state index is 0.629. The molecule has 0 fully saturated rings. The van der Waals surface area contributed by atoms with Gasteiger partial charge in [0.15, 0.2) is 0 Å². The Balaban J connectivity index is 1.44. The van der Waals surface area contributed by atoms with Gasteiger partial charge in [-0.15, -0.1) is 0 Å². The van der Waals surface area contributed by atoms with Crippen LogP contribution in [0.1, 0.15) is 5.56 Å². The molecule has 0 bridgehead atoms. The molecule has 2 aromatic heterocycles. The molecule has 0 amide bonds. The number of fused-ring (bicyclic) bond motifs is 7. The van der Waals surface area contributed by atoms with Crippen molar-refractivity contribution in [2.24, 2.45) is 11.5 Å². The lowest BCUT2D eigenvalue weighted by atomic mass is 10.1. The van der Waals surface area contributed by atoms with Gasteiger partial charge in [-0.1, -0.05) is 91.0 Å². The summed E-state index contributed by atoms with van der Waals surface area (Å²) < 4.78 is 8.30. The Labute approximate surface area is 229 Å². The Kier molecular flexibility index (Phi) is 4.79. The van der Waals surface area contributed by atoms with Gasteiger partial charge in [0.05, 0.1) is 11.0 Å². The van der Waals surface area contributed by atoms with Crippen LogP contribution in [0.5, 0.6) is 0 Å². The number of hydrogen-bond acceptors (Lipinski definition) is 3. The second-order valence-corrected chi connectivity index (χ2v) is 10.2. The van der Waals surface area contributed by atoms with Crippen molar-refractivity contribution >= 4 is 66.0 Å². The molecule has 4 N–H and O–H groups in total. The minimum absolute atomic E-state index is 0.629. The van der Waals surface area contributed by atoms with Crippen LogP contribution in [0.4, 0.5) is 0 Å². The van der Waals surface area contributed by atoms with Gasteiger partial charge < -0.3 is 15.9 Å². The highest BCUT2D eigenvalue weighted by Crippen LogP contribution is 2.33. The van der Waals surface area contributed by atoms with E-state index in [0.717, 1.165) is 54.4 Å². The number of rotatable bonds is 2. The van der Waals surface area contributed by atoms with E-state index in [4.69, 9.17) is 15.9 Å². The largest absolute Gasteiger partial charge is 0.456 e. The molecule has 0 atom stereocenters. The average molecular weight is 516 g/mol. The topological polar surface area (TPSA) is 70.1 Å². The molecule has 8 rings (SSSR count). The fourth-order valence-corrected chi connectivity index (χ4v) is 6.03. The van der Waals surface area contributed by atoms with E-state index in [0.29, 0.717) is 11.5 Å². The Morgan fingerprint density at radius 1 is 0.500 bits per heavy atom. The Bertz CT molecular complexity index is 2410. The maximum Gasteiger partial charge on any atom is 0.136 e. The summed E-state index contributed by atoms with van der Waals surface area (Å²) in [7, 11) is 0. The Morgan fingerprint density at radius 2 is 1.15 bits per heavy atom. The molecular formula is C36H25N3O. The van der Waals surface area contributed by atoms with Gasteiger partial charge in [-0.25, -0.2) is 0 Å². The number of nitrogens with zero attached hydrogens (tertiary/aromatic N) is 1. The quantitative estimate of drug-likeness (QED) is 0.275. The predicted octanol–water partition coefficient (Wildman–Crippen LogP) is 6.54. The summed E-state index contributed by atoms with van der Waals surface area (Å²) in [5, 5.41) is 8.63. The van der Waals surface area contributed by atoms with Crippen LogP contribution in [0, 0.1) is 0 Å². The molecule has 0 saturated heterocycles. The second kappa shape index (κ2) is 8.52. The number of para-hydroxylation sites is 2. The Hall–Kier alpha value is -5.48. The molecule has 0 aliphatic carbocycles. The third-order valence-corrected chi connectivity index (χ3v) is 7.96. The number of hydrogen-bond donors (Lipinski definition) is 2. The van der Waals surface area contributed by atoms with E-state index < -0.39 is 0 Å². The SMILES string of the molecule is N/C(c1ccc2c(c1)oc1ccccc12)=c1/cccc/c1=C(/N)n1c2ccccc2c2cc3ccccc3cc21. The van der Waals surface area contributed by atoms with E-state index >= 15 is 0 Å². The van der Waals surface area contributed by atoms with Crippen molar-refractivity contribution in [2.75, 3.05) is 0 Å². The monoisotopic (exact) mass is 515 g/mol. The molecule has 40 heavy (non-hydrogen) atoms. The zero-order valence-electron chi connectivity index (χ0n) is 21.6. The summed E-state index contributed by atoms with van der Waals surface area (Å²) in [4.78, 5) is 0. The highest BCUT2D eigenvalue weighted by atomic mass is 16.3. The van der Waals surface area contributed by atoms with Crippen molar-refractivity contribution < 1.29 is 4.42 Å².